The first kappa shape index (κ1) is 21.1. The first-order valence-electron chi connectivity index (χ1n) is 8.59. The average molecular weight is 391 g/mol. The predicted octanol–water partition coefficient (Wildman–Crippen LogP) is 2.82. The van der Waals surface area contributed by atoms with Crippen LogP contribution in [0, 0.1) is 13.8 Å². The van der Waals surface area contributed by atoms with Crippen molar-refractivity contribution in [3.05, 3.63) is 70.8 Å². The van der Waals surface area contributed by atoms with Crippen molar-refractivity contribution in [2.45, 2.75) is 26.3 Å². The van der Waals surface area contributed by atoms with Gasteiger partial charge in [0.05, 0.1) is 20.6 Å². The van der Waals surface area contributed by atoms with Gasteiger partial charge in [-0.1, -0.05) is 47.5 Å². The van der Waals surface area contributed by atoms with Crippen LogP contribution >= 0.6 is 0 Å². The van der Waals surface area contributed by atoms with Gasteiger partial charge in [-0.25, -0.2) is 8.42 Å². The molecule has 3 rings (SSSR count). The zero-order chi connectivity index (χ0) is 20.2. The van der Waals surface area contributed by atoms with E-state index in [4.69, 9.17) is 0 Å². The second-order valence-electron chi connectivity index (χ2n) is 6.62. The Hall–Kier alpha value is -2.22. The number of hydrogen-bond donors (Lipinski definition) is 0. The molecule has 0 aromatic heterocycles. The Balaban J connectivity index is 0.000000380. The summed E-state index contributed by atoms with van der Waals surface area (Å²) < 4.78 is 33.3. The average Bonchev–Trinajstić information content (AvgIpc) is 2.90. The Morgan fingerprint density at radius 2 is 1.67 bits per heavy atom. The lowest BCUT2D eigenvalue weighted by Crippen LogP contribution is -2.27. The highest BCUT2D eigenvalue weighted by atomic mass is 32.3. The summed E-state index contributed by atoms with van der Waals surface area (Å²) >= 11 is 0. The highest BCUT2D eigenvalue weighted by Gasteiger charge is 2.36. The van der Waals surface area contributed by atoms with Gasteiger partial charge in [-0.3, -0.25) is 4.18 Å². The standard InChI is InChI=1S/C19H23N2.CH4O4S/c1-14-7-5-9-16(11-14)18-13-19(21(4)20(18)3)17-10-6-8-15(2)12-17;1-5-6(2,3)4/h5-12,18H,13H2,1-4H3;1H3,(H,2,3,4)/q+1;/p-1. The fraction of sp³-hybridized carbons (Fsp3) is 0.350. The van der Waals surface area contributed by atoms with Crippen molar-refractivity contribution < 1.29 is 21.8 Å². The van der Waals surface area contributed by atoms with Crippen LogP contribution in [0.5, 0.6) is 0 Å². The lowest BCUT2D eigenvalue weighted by Gasteiger charge is -2.17. The molecule has 2 aromatic rings. The van der Waals surface area contributed by atoms with Crippen molar-refractivity contribution in [3.8, 4) is 0 Å². The maximum absolute atomic E-state index is 9.22. The van der Waals surface area contributed by atoms with Gasteiger partial charge < -0.3 is 4.55 Å². The zero-order valence-corrected chi connectivity index (χ0v) is 17.2. The van der Waals surface area contributed by atoms with Crippen molar-refractivity contribution in [2.24, 2.45) is 0 Å². The van der Waals surface area contributed by atoms with E-state index in [0.717, 1.165) is 13.5 Å². The number of rotatable bonds is 3. The topological polar surface area (TPSA) is 72.7 Å². The molecule has 2 aromatic carbocycles. The number of hydrogen-bond acceptors (Lipinski definition) is 5. The van der Waals surface area contributed by atoms with E-state index < -0.39 is 10.4 Å². The molecule has 0 saturated heterocycles. The summed E-state index contributed by atoms with van der Waals surface area (Å²) in [5, 5.41) is 2.34. The maximum atomic E-state index is 9.22. The van der Waals surface area contributed by atoms with E-state index in [0.29, 0.717) is 6.04 Å². The second-order valence-corrected chi connectivity index (χ2v) is 7.77. The SMILES string of the molecule is COS(=O)(=O)[O-].Cc1cccc(C2=[N+](C)N(C)C(c3cccc(C)c3)C2)c1. The molecule has 7 heteroatoms. The molecule has 0 spiro atoms. The molecule has 1 heterocycles. The van der Waals surface area contributed by atoms with E-state index >= 15 is 0 Å². The van der Waals surface area contributed by atoms with Gasteiger partial charge in [0, 0.05) is 5.56 Å². The summed E-state index contributed by atoms with van der Waals surface area (Å²) in [6.07, 6.45) is 1.06. The Morgan fingerprint density at radius 1 is 1.11 bits per heavy atom. The van der Waals surface area contributed by atoms with Crippen LogP contribution in [0.4, 0.5) is 0 Å². The number of benzene rings is 2. The van der Waals surface area contributed by atoms with Gasteiger partial charge in [0.25, 0.3) is 0 Å². The first-order valence-corrected chi connectivity index (χ1v) is 9.93. The third-order valence-corrected chi connectivity index (χ3v) is 5.09. The first-order chi connectivity index (χ1) is 12.6. The molecule has 146 valence electrons. The lowest BCUT2D eigenvalue weighted by molar-refractivity contribution is -0.660. The molecule has 0 aliphatic carbocycles. The molecular weight excluding hydrogens is 364 g/mol. The van der Waals surface area contributed by atoms with Crippen LogP contribution in [0.2, 0.25) is 0 Å². The molecule has 27 heavy (non-hydrogen) atoms. The van der Waals surface area contributed by atoms with Gasteiger partial charge in [0.1, 0.15) is 6.04 Å². The fourth-order valence-corrected chi connectivity index (χ4v) is 3.19. The summed E-state index contributed by atoms with van der Waals surface area (Å²) in [4.78, 5) is 0. The van der Waals surface area contributed by atoms with Crippen LogP contribution in [0.15, 0.2) is 48.5 Å². The van der Waals surface area contributed by atoms with E-state index in [1.165, 1.54) is 28.0 Å². The van der Waals surface area contributed by atoms with E-state index in [2.05, 4.69) is 90.4 Å². The van der Waals surface area contributed by atoms with Crippen LogP contribution in [-0.2, 0) is 14.6 Å². The van der Waals surface area contributed by atoms with Gasteiger partial charge in [0.2, 0.25) is 16.1 Å². The summed E-state index contributed by atoms with van der Waals surface area (Å²) in [6, 6.07) is 18.1. The molecule has 1 aliphatic heterocycles. The summed E-state index contributed by atoms with van der Waals surface area (Å²) in [6.45, 7) is 4.31. The normalized spacial score (nSPS) is 17.0. The van der Waals surface area contributed by atoms with Gasteiger partial charge in [-0.2, -0.15) is 5.01 Å². The molecule has 0 fully saturated rings. The molecule has 0 bridgehead atoms. The molecule has 1 atom stereocenters. The second kappa shape index (κ2) is 8.65. The quantitative estimate of drug-likeness (QED) is 0.458. The van der Waals surface area contributed by atoms with Crippen molar-refractivity contribution in [1.29, 1.82) is 0 Å². The smallest absolute Gasteiger partial charge is 0.217 e. The molecule has 0 N–H and O–H groups in total. The van der Waals surface area contributed by atoms with Crippen LogP contribution in [0.3, 0.4) is 0 Å². The minimum absolute atomic E-state index is 0.422. The third-order valence-electron chi connectivity index (χ3n) is 4.68. The highest BCUT2D eigenvalue weighted by molar-refractivity contribution is 7.80. The monoisotopic (exact) mass is 390 g/mol. The Labute approximate surface area is 161 Å². The van der Waals surface area contributed by atoms with Crippen molar-refractivity contribution in [3.63, 3.8) is 0 Å². The van der Waals surface area contributed by atoms with Crippen molar-refractivity contribution >= 4 is 16.1 Å². The van der Waals surface area contributed by atoms with Gasteiger partial charge in [0.15, 0.2) is 7.05 Å². The number of aryl methyl sites for hydroxylation is 2. The molecule has 0 amide bonds. The molecule has 1 unspecified atom stereocenters. The summed E-state index contributed by atoms with van der Waals surface area (Å²) in [7, 11) is 0.732. The molecule has 0 saturated carbocycles. The number of hydrazone groups is 1. The molecular formula is C20H26N2O4S. The Morgan fingerprint density at radius 3 is 2.19 bits per heavy atom. The largest absolute Gasteiger partial charge is 0.726 e. The summed E-state index contributed by atoms with van der Waals surface area (Å²) in [5.41, 5.74) is 6.77. The van der Waals surface area contributed by atoms with Crippen LogP contribution < -0.4 is 0 Å². The highest BCUT2D eigenvalue weighted by Crippen LogP contribution is 2.30. The molecule has 1 aliphatic rings. The van der Waals surface area contributed by atoms with Gasteiger partial charge >= 0.3 is 0 Å². The Bertz CT molecular complexity index is 939. The van der Waals surface area contributed by atoms with E-state index in [1.54, 1.807) is 0 Å². The number of nitrogens with zero attached hydrogens (tertiary/aromatic N) is 2. The Kier molecular flexibility index (Phi) is 6.75. The minimum atomic E-state index is -4.41. The van der Waals surface area contributed by atoms with Crippen LogP contribution in [0.1, 0.15) is 34.7 Å². The zero-order valence-electron chi connectivity index (χ0n) is 16.3. The lowest BCUT2D eigenvalue weighted by atomic mass is 9.97. The minimum Gasteiger partial charge on any atom is -0.726 e. The van der Waals surface area contributed by atoms with E-state index in [9.17, 15) is 13.0 Å². The van der Waals surface area contributed by atoms with Crippen molar-refractivity contribution in [1.82, 2.24) is 5.01 Å². The molecule has 6 nitrogen and oxygen atoms in total. The van der Waals surface area contributed by atoms with Gasteiger partial charge in [-0.15, -0.1) is 4.68 Å². The summed E-state index contributed by atoms with van der Waals surface area (Å²) in [5.74, 6) is 0. The third kappa shape index (κ3) is 5.63. The fourth-order valence-electron chi connectivity index (χ4n) is 3.19. The van der Waals surface area contributed by atoms with Crippen molar-refractivity contribution in [2.75, 3.05) is 21.2 Å². The van der Waals surface area contributed by atoms with Gasteiger partial charge in [-0.05, 0) is 31.5 Å². The van der Waals surface area contributed by atoms with Crippen LogP contribution in [0.25, 0.3) is 0 Å². The van der Waals surface area contributed by atoms with Crippen LogP contribution in [-0.4, -0.2) is 49.6 Å². The van der Waals surface area contributed by atoms with E-state index in [1.807, 2.05) is 0 Å². The number of hydrazine groups is 1. The molecule has 0 radical (unpaired) electrons. The predicted molar refractivity (Wildman–Crippen MR) is 104 cm³/mol. The maximum Gasteiger partial charge on any atom is 0.217 e. The van der Waals surface area contributed by atoms with E-state index in [-0.39, 0.29) is 0 Å².